The SMILES string of the molecule is CCN(Cc1ccccc1)c1cc(C)ccc1C#N. The molecule has 0 aliphatic heterocycles. The van der Waals surface area contributed by atoms with E-state index in [9.17, 15) is 5.26 Å². The first-order valence-electron chi connectivity index (χ1n) is 6.54. The average molecular weight is 250 g/mol. The molecule has 0 fully saturated rings. The molecule has 0 saturated heterocycles. The highest BCUT2D eigenvalue weighted by molar-refractivity contribution is 5.60. The van der Waals surface area contributed by atoms with E-state index in [0.29, 0.717) is 0 Å². The lowest BCUT2D eigenvalue weighted by Gasteiger charge is -2.24. The lowest BCUT2D eigenvalue weighted by molar-refractivity contribution is 0.829. The van der Waals surface area contributed by atoms with Gasteiger partial charge < -0.3 is 4.90 Å². The quantitative estimate of drug-likeness (QED) is 0.823. The van der Waals surface area contributed by atoms with E-state index in [1.165, 1.54) is 11.1 Å². The van der Waals surface area contributed by atoms with Gasteiger partial charge in [0.1, 0.15) is 6.07 Å². The number of hydrogen-bond acceptors (Lipinski definition) is 2. The summed E-state index contributed by atoms with van der Waals surface area (Å²) in [6, 6.07) is 18.6. The summed E-state index contributed by atoms with van der Waals surface area (Å²) < 4.78 is 0. The molecule has 0 spiro atoms. The Hall–Kier alpha value is -2.27. The molecule has 0 heterocycles. The number of hydrogen-bond donors (Lipinski definition) is 0. The molecule has 19 heavy (non-hydrogen) atoms. The van der Waals surface area contributed by atoms with Gasteiger partial charge in [-0.3, -0.25) is 0 Å². The lowest BCUT2D eigenvalue weighted by Crippen LogP contribution is -2.23. The van der Waals surface area contributed by atoms with Gasteiger partial charge in [-0.05, 0) is 37.1 Å². The van der Waals surface area contributed by atoms with Gasteiger partial charge in [0.05, 0.1) is 11.3 Å². The van der Waals surface area contributed by atoms with Crippen LogP contribution in [0.5, 0.6) is 0 Å². The monoisotopic (exact) mass is 250 g/mol. The van der Waals surface area contributed by atoms with Crippen LogP contribution in [0.25, 0.3) is 0 Å². The Bertz CT molecular complexity index is 582. The van der Waals surface area contributed by atoms with Crippen molar-refractivity contribution in [3.8, 4) is 6.07 Å². The fraction of sp³-hybridized carbons (Fsp3) is 0.235. The van der Waals surface area contributed by atoms with E-state index in [1.54, 1.807) is 0 Å². The summed E-state index contributed by atoms with van der Waals surface area (Å²) in [6.45, 7) is 5.88. The van der Waals surface area contributed by atoms with Gasteiger partial charge in [-0.1, -0.05) is 36.4 Å². The van der Waals surface area contributed by atoms with Gasteiger partial charge in [0.2, 0.25) is 0 Å². The molecule has 2 nitrogen and oxygen atoms in total. The van der Waals surface area contributed by atoms with Crippen molar-refractivity contribution in [3.63, 3.8) is 0 Å². The molecule has 96 valence electrons. The van der Waals surface area contributed by atoms with Crippen molar-refractivity contribution in [3.05, 3.63) is 65.2 Å². The molecular weight excluding hydrogens is 232 g/mol. The second-order valence-corrected chi connectivity index (χ2v) is 4.63. The minimum absolute atomic E-state index is 0.739. The molecular formula is C17H18N2. The van der Waals surface area contributed by atoms with Gasteiger partial charge in [0, 0.05) is 13.1 Å². The highest BCUT2D eigenvalue weighted by Crippen LogP contribution is 2.23. The zero-order valence-corrected chi connectivity index (χ0v) is 11.4. The molecule has 0 aromatic heterocycles. The van der Waals surface area contributed by atoms with Crippen LogP contribution in [0, 0.1) is 18.3 Å². The number of rotatable bonds is 4. The van der Waals surface area contributed by atoms with Crippen molar-refractivity contribution >= 4 is 5.69 Å². The fourth-order valence-corrected chi connectivity index (χ4v) is 2.17. The molecule has 2 heteroatoms. The Morgan fingerprint density at radius 2 is 1.84 bits per heavy atom. The van der Waals surface area contributed by atoms with Crippen LogP contribution in [0.2, 0.25) is 0 Å². The molecule has 2 aromatic carbocycles. The first kappa shape index (κ1) is 13.2. The summed E-state index contributed by atoms with van der Waals surface area (Å²) in [5.41, 5.74) is 4.20. The molecule has 0 atom stereocenters. The zero-order valence-electron chi connectivity index (χ0n) is 11.4. The van der Waals surface area contributed by atoms with Crippen molar-refractivity contribution < 1.29 is 0 Å². The van der Waals surface area contributed by atoms with Crippen LogP contribution in [-0.2, 0) is 6.54 Å². The van der Waals surface area contributed by atoms with Crippen LogP contribution in [0.1, 0.15) is 23.6 Å². The van der Waals surface area contributed by atoms with Crippen LogP contribution in [0.3, 0.4) is 0 Å². The van der Waals surface area contributed by atoms with Crippen LogP contribution in [0.4, 0.5) is 5.69 Å². The van der Waals surface area contributed by atoms with Gasteiger partial charge in [-0.2, -0.15) is 5.26 Å². The van der Waals surface area contributed by atoms with Gasteiger partial charge in [0.25, 0.3) is 0 Å². The molecule has 0 radical (unpaired) electrons. The molecule has 0 amide bonds. The molecule has 0 aliphatic carbocycles. The van der Waals surface area contributed by atoms with Crippen LogP contribution in [-0.4, -0.2) is 6.54 Å². The van der Waals surface area contributed by atoms with Crippen molar-refractivity contribution in [2.24, 2.45) is 0 Å². The topological polar surface area (TPSA) is 27.0 Å². The number of aryl methyl sites for hydroxylation is 1. The second kappa shape index (κ2) is 6.06. The zero-order chi connectivity index (χ0) is 13.7. The van der Waals surface area contributed by atoms with Crippen molar-refractivity contribution in [1.29, 1.82) is 5.26 Å². The highest BCUT2D eigenvalue weighted by Gasteiger charge is 2.10. The maximum Gasteiger partial charge on any atom is 0.101 e. The largest absolute Gasteiger partial charge is 0.366 e. The summed E-state index contributed by atoms with van der Waals surface area (Å²) in [7, 11) is 0. The second-order valence-electron chi connectivity index (χ2n) is 4.63. The molecule has 0 bridgehead atoms. The Morgan fingerprint density at radius 1 is 1.11 bits per heavy atom. The van der Waals surface area contributed by atoms with Crippen molar-refractivity contribution in [2.45, 2.75) is 20.4 Å². The lowest BCUT2D eigenvalue weighted by atomic mass is 10.1. The molecule has 2 rings (SSSR count). The number of nitrogens with zero attached hydrogens (tertiary/aromatic N) is 2. The molecule has 0 N–H and O–H groups in total. The van der Waals surface area contributed by atoms with Gasteiger partial charge in [-0.15, -0.1) is 0 Å². The van der Waals surface area contributed by atoms with Crippen molar-refractivity contribution in [2.75, 3.05) is 11.4 Å². The summed E-state index contributed by atoms with van der Waals surface area (Å²) in [4.78, 5) is 2.24. The standard InChI is InChI=1S/C17H18N2/c1-3-19(13-15-7-5-4-6-8-15)17-11-14(2)9-10-16(17)12-18/h4-11H,3,13H2,1-2H3. The first-order chi connectivity index (χ1) is 9.24. The third-order valence-corrected chi connectivity index (χ3v) is 3.21. The summed E-state index contributed by atoms with van der Waals surface area (Å²) >= 11 is 0. The van der Waals surface area contributed by atoms with Crippen LogP contribution < -0.4 is 4.90 Å². The van der Waals surface area contributed by atoms with Crippen LogP contribution in [0.15, 0.2) is 48.5 Å². The van der Waals surface area contributed by atoms with E-state index in [4.69, 9.17) is 0 Å². The van der Waals surface area contributed by atoms with E-state index < -0.39 is 0 Å². The maximum atomic E-state index is 9.24. The van der Waals surface area contributed by atoms with E-state index in [0.717, 1.165) is 24.3 Å². The Kier molecular flexibility index (Phi) is 4.20. The minimum Gasteiger partial charge on any atom is -0.366 e. The average Bonchev–Trinajstić information content (AvgIpc) is 2.46. The summed E-state index contributed by atoms with van der Waals surface area (Å²) in [5.74, 6) is 0. The molecule has 0 saturated carbocycles. The molecule has 0 unspecified atom stereocenters. The smallest absolute Gasteiger partial charge is 0.101 e. The minimum atomic E-state index is 0.739. The van der Waals surface area contributed by atoms with Crippen LogP contribution >= 0.6 is 0 Å². The van der Waals surface area contributed by atoms with E-state index in [1.807, 2.05) is 30.3 Å². The van der Waals surface area contributed by atoms with Crippen molar-refractivity contribution in [1.82, 2.24) is 0 Å². The van der Waals surface area contributed by atoms with Gasteiger partial charge in [0.15, 0.2) is 0 Å². The normalized spacial score (nSPS) is 9.95. The number of benzene rings is 2. The van der Waals surface area contributed by atoms with E-state index in [-0.39, 0.29) is 0 Å². The summed E-state index contributed by atoms with van der Waals surface area (Å²) in [6.07, 6.45) is 0. The molecule has 0 aliphatic rings. The Balaban J connectivity index is 2.32. The first-order valence-corrected chi connectivity index (χ1v) is 6.54. The highest BCUT2D eigenvalue weighted by atomic mass is 15.1. The maximum absolute atomic E-state index is 9.24. The predicted octanol–water partition coefficient (Wildman–Crippen LogP) is 3.89. The number of anilines is 1. The predicted molar refractivity (Wildman–Crippen MR) is 79.1 cm³/mol. The number of nitriles is 1. The van der Waals surface area contributed by atoms with E-state index >= 15 is 0 Å². The fourth-order valence-electron chi connectivity index (χ4n) is 2.17. The van der Waals surface area contributed by atoms with Gasteiger partial charge >= 0.3 is 0 Å². The Labute approximate surface area is 114 Å². The third kappa shape index (κ3) is 3.14. The Morgan fingerprint density at radius 3 is 2.47 bits per heavy atom. The van der Waals surface area contributed by atoms with Gasteiger partial charge in [-0.25, -0.2) is 0 Å². The molecule has 2 aromatic rings. The summed E-state index contributed by atoms with van der Waals surface area (Å²) in [5, 5.41) is 9.24. The third-order valence-electron chi connectivity index (χ3n) is 3.21. The van der Waals surface area contributed by atoms with E-state index in [2.05, 4.69) is 43.0 Å².